The fourth-order valence-corrected chi connectivity index (χ4v) is 2.38. The van der Waals surface area contributed by atoms with Gasteiger partial charge in [0.1, 0.15) is 12.1 Å². The molecule has 6 nitrogen and oxygen atoms in total. The quantitative estimate of drug-likeness (QED) is 0.711. The van der Waals surface area contributed by atoms with Crippen molar-refractivity contribution >= 4 is 17.7 Å². The topological polar surface area (TPSA) is 77.2 Å². The molecule has 1 aromatic heterocycles. The van der Waals surface area contributed by atoms with Crippen molar-refractivity contribution in [2.24, 2.45) is 0 Å². The number of nitrogens with one attached hydrogen (secondary N) is 1. The summed E-state index contributed by atoms with van der Waals surface area (Å²) in [6.07, 6.45) is -0.559. The highest BCUT2D eigenvalue weighted by Gasteiger charge is 2.29. The standard InChI is InChI=1S/C19H18ClN3O3/c1-19(2,22-18(24)25-12-13-6-4-3-5-7-13)17-21-16(26-23-17)14-8-10-15(20)11-9-14/h3-11H,12H2,1-2H3,(H,22,24). The highest BCUT2D eigenvalue weighted by atomic mass is 35.5. The number of ether oxygens (including phenoxy) is 1. The number of nitrogens with zero attached hydrogens (tertiary/aromatic N) is 2. The summed E-state index contributed by atoms with van der Waals surface area (Å²) in [5, 5.41) is 7.34. The highest BCUT2D eigenvalue weighted by Crippen LogP contribution is 2.23. The Labute approximate surface area is 156 Å². The van der Waals surface area contributed by atoms with Crippen molar-refractivity contribution in [3.8, 4) is 11.5 Å². The summed E-state index contributed by atoms with van der Waals surface area (Å²) in [7, 11) is 0. The molecule has 0 aliphatic heterocycles. The summed E-state index contributed by atoms with van der Waals surface area (Å²) in [5.41, 5.74) is 0.794. The lowest BCUT2D eigenvalue weighted by molar-refractivity contribution is 0.128. The zero-order valence-electron chi connectivity index (χ0n) is 14.4. The van der Waals surface area contributed by atoms with E-state index in [1.807, 2.05) is 30.3 Å². The van der Waals surface area contributed by atoms with Gasteiger partial charge in [-0.05, 0) is 43.7 Å². The molecule has 0 aliphatic rings. The van der Waals surface area contributed by atoms with E-state index < -0.39 is 11.6 Å². The molecule has 3 rings (SSSR count). The monoisotopic (exact) mass is 371 g/mol. The summed E-state index contributed by atoms with van der Waals surface area (Å²) in [4.78, 5) is 16.4. The van der Waals surface area contributed by atoms with Crippen molar-refractivity contribution < 1.29 is 14.1 Å². The van der Waals surface area contributed by atoms with E-state index in [9.17, 15) is 4.79 Å². The number of alkyl carbamates (subject to hydrolysis) is 1. The van der Waals surface area contributed by atoms with Gasteiger partial charge in [0, 0.05) is 10.6 Å². The van der Waals surface area contributed by atoms with Crippen LogP contribution in [0, 0.1) is 0 Å². The third kappa shape index (κ3) is 4.40. The van der Waals surface area contributed by atoms with Gasteiger partial charge in [-0.2, -0.15) is 4.98 Å². The van der Waals surface area contributed by atoms with Crippen LogP contribution in [-0.4, -0.2) is 16.2 Å². The first kappa shape index (κ1) is 17.9. The molecule has 1 amide bonds. The molecule has 0 atom stereocenters. The Bertz CT molecular complexity index is 877. The number of aromatic nitrogens is 2. The van der Waals surface area contributed by atoms with Crippen molar-refractivity contribution in [2.75, 3.05) is 0 Å². The Morgan fingerprint density at radius 3 is 2.54 bits per heavy atom. The minimum Gasteiger partial charge on any atom is -0.445 e. The number of halogens is 1. The Morgan fingerprint density at radius 2 is 1.85 bits per heavy atom. The lowest BCUT2D eigenvalue weighted by Gasteiger charge is -2.21. The van der Waals surface area contributed by atoms with Crippen LogP contribution in [0.1, 0.15) is 25.2 Å². The lowest BCUT2D eigenvalue weighted by atomic mass is 10.1. The molecule has 2 aromatic carbocycles. The molecule has 26 heavy (non-hydrogen) atoms. The normalized spacial score (nSPS) is 11.2. The average molecular weight is 372 g/mol. The Hall–Kier alpha value is -2.86. The van der Waals surface area contributed by atoms with E-state index in [0.717, 1.165) is 11.1 Å². The average Bonchev–Trinajstić information content (AvgIpc) is 3.12. The molecular formula is C19H18ClN3O3. The van der Waals surface area contributed by atoms with E-state index in [1.165, 1.54) is 0 Å². The number of carbonyl (C=O) groups is 1. The minimum absolute atomic E-state index is 0.186. The van der Waals surface area contributed by atoms with Crippen LogP contribution in [0.4, 0.5) is 4.79 Å². The number of hydrogen-bond acceptors (Lipinski definition) is 5. The lowest BCUT2D eigenvalue weighted by Crippen LogP contribution is -2.42. The van der Waals surface area contributed by atoms with Crippen LogP contribution < -0.4 is 5.32 Å². The molecule has 0 aliphatic carbocycles. The third-order valence-electron chi connectivity index (χ3n) is 3.70. The summed E-state index contributed by atoms with van der Waals surface area (Å²) in [5.74, 6) is 0.698. The first-order valence-corrected chi connectivity index (χ1v) is 8.41. The predicted molar refractivity (Wildman–Crippen MR) is 97.5 cm³/mol. The van der Waals surface area contributed by atoms with Crippen LogP contribution in [0.15, 0.2) is 59.1 Å². The summed E-state index contributed by atoms with van der Waals surface area (Å²) < 4.78 is 10.5. The maximum absolute atomic E-state index is 12.1. The van der Waals surface area contributed by atoms with E-state index in [2.05, 4.69) is 15.5 Å². The number of benzene rings is 2. The maximum Gasteiger partial charge on any atom is 0.408 e. The van der Waals surface area contributed by atoms with Gasteiger partial charge in [0.25, 0.3) is 5.89 Å². The molecule has 7 heteroatoms. The SMILES string of the molecule is CC(C)(NC(=O)OCc1ccccc1)c1noc(-c2ccc(Cl)cc2)n1. The summed E-state index contributed by atoms with van der Waals surface area (Å²) in [6, 6.07) is 16.5. The molecule has 0 fully saturated rings. The molecular weight excluding hydrogens is 354 g/mol. The Kier molecular flexibility index (Phi) is 5.23. The predicted octanol–water partition coefficient (Wildman–Crippen LogP) is 4.55. The Morgan fingerprint density at radius 1 is 1.15 bits per heavy atom. The van der Waals surface area contributed by atoms with Crippen molar-refractivity contribution in [2.45, 2.75) is 26.0 Å². The van der Waals surface area contributed by atoms with Gasteiger partial charge in [-0.1, -0.05) is 47.1 Å². The summed E-state index contributed by atoms with van der Waals surface area (Å²) in [6.45, 7) is 3.73. The van der Waals surface area contributed by atoms with E-state index in [-0.39, 0.29) is 6.61 Å². The molecule has 1 N–H and O–H groups in total. The van der Waals surface area contributed by atoms with Gasteiger partial charge >= 0.3 is 6.09 Å². The van der Waals surface area contributed by atoms with Gasteiger partial charge in [-0.15, -0.1) is 0 Å². The largest absolute Gasteiger partial charge is 0.445 e. The van der Waals surface area contributed by atoms with Gasteiger partial charge in [-0.3, -0.25) is 0 Å². The zero-order chi connectivity index (χ0) is 18.6. The van der Waals surface area contributed by atoms with Crippen LogP contribution in [0.25, 0.3) is 11.5 Å². The van der Waals surface area contributed by atoms with Gasteiger partial charge in [0.05, 0.1) is 0 Å². The number of amides is 1. The molecule has 0 bridgehead atoms. The smallest absolute Gasteiger partial charge is 0.408 e. The zero-order valence-corrected chi connectivity index (χ0v) is 15.2. The van der Waals surface area contributed by atoms with Crippen LogP contribution in [0.5, 0.6) is 0 Å². The molecule has 0 unspecified atom stereocenters. The van der Waals surface area contributed by atoms with Crippen LogP contribution in [0.3, 0.4) is 0 Å². The number of rotatable bonds is 5. The van der Waals surface area contributed by atoms with Crippen molar-refractivity contribution in [1.82, 2.24) is 15.5 Å². The fourth-order valence-electron chi connectivity index (χ4n) is 2.26. The fraction of sp³-hybridized carbons (Fsp3) is 0.211. The van der Waals surface area contributed by atoms with Gasteiger partial charge in [0.15, 0.2) is 5.82 Å². The van der Waals surface area contributed by atoms with Crippen molar-refractivity contribution in [1.29, 1.82) is 0 Å². The van der Waals surface area contributed by atoms with Gasteiger partial charge in [-0.25, -0.2) is 4.79 Å². The molecule has 0 saturated carbocycles. The first-order chi connectivity index (χ1) is 12.4. The maximum atomic E-state index is 12.1. The molecule has 1 heterocycles. The second kappa shape index (κ2) is 7.58. The van der Waals surface area contributed by atoms with Gasteiger partial charge < -0.3 is 14.6 Å². The number of hydrogen-bond donors (Lipinski definition) is 1. The second-order valence-electron chi connectivity index (χ2n) is 6.24. The van der Waals surface area contributed by atoms with E-state index in [0.29, 0.717) is 16.7 Å². The highest BCUT2D eigenvalue weighted by molar-refractivity contribution is 6.30. The first-order valence-electron chi connectivity index (χ1n) is 8.03. The van der Waals surface area contributed by atoms with E-state index in [1.54, 1.807) is 38.1 Å². The van der Waals surface area contributed by atoms with Gasteiger partial charge in [0.2, 0.25) is 0 Å². The Balaban J connectivity index is 1.64. The summed E-state index contributed by atoms with van der Waals surface area (Å²) >= 11 is 5.88. The second-order valence-corrected chi connectivity index (χ2v) is 6.68. The van der Waals surface area contributed by atoms with Crippen LogP contribution in [-0.2, 0) is 16.9 Å². The van der Waals surface area contributed by atoms with Crippen LogP contribution >= 0.6 is 11.6 Å². The molecule has 0 radical (unpaired) electrons. The molecule has 134 valence electrons. The van der Waals surface area contributed by atoms with Crippen molar-refractivity contribution in [3.05, 3.63) is 71.0 Å². The van der Waals surface area contributed by atoms with E-state index in [4.69, 9.17) is 20.9 Å². The molecule has 0 saturated heterocycles. The van der Waals surface area contributed by atoms with Crippen molar-refractivity contribution in [3.63, 3.8) is 0 Å². The number of carbonyl (C=O) groups excluding carboxylic acids is 1. The molecule has 3 aromatic rings. The third-order valence-corrected chi connectivity index (χ3v) is 3.96. The van der Waals surface area contributed by atoms with E-state index >= 15 is 0 Å². The van der Waals surface area contributed by atoms with Crippen LogP contribution in [0.2, 0.25) is 5.02 Å². The molecule has 0 spiro atoms. The minimum atomic E-state index is -0.859.